The summed E-state index contributed by atoms with van der Waals surface area (Å²) in [5.41, 5.74) is -1.01. The van der Waals surface area contributed by atoms with Crippen molar-refractivity contribution in [1.82, 2.24) is 16.0 Å². The quantitative estimate of drug-likeness (QED) is 0.307. The molecule has 0 aliphatic carbocycles. The fourth-order valence-corrected chi connectivity index (χ4v) is 4.12. The summed E-state index contributed by atoms with van der Waals surface area (Å²) in [6.07, 6.45) is 2.38. The van der Waals surface area contributed by atoms with Crippen LogP contribution in [-0.4, -0.2) is 41.6 Å². The number of nitrogens with one attached hydrogen (secondary N) is 3. The molecule has 7 heteroatoms. The fourth-order valence-electron chi connectivity index (χ4n) is 4.12. The van der Waals surface area contributed by atoms with Crippen LogP contribution in [0.15, 0.2) is 30.3 Å². The van der Waals surface area contributed by atoms with Gasteiger partial charge in [-0.3, -0.25) is 19.2 Å². The van der Waals surface area contributed by atoms with Crippen LogP contribution in [-0.2, 0) is 25.6 Å². The lowest BCUT2D eigenvalue weighted by atomic mass is 9.72. The molecule has 0 fully saturated rings. The van der Waals surface area contributed by atoms with Crippen LogP contribution >= 0.6 is 0 Å². The zero-order chi connectivity index (χ0) is 30.2. The summed E-state index contributed by atoms with van der Waals surface area (Å²) in [4.78, 5) is 50.6. The molecule has 1 unspecified atom stereocenters. The van der Waals surface area contributed by atoms with E-state index in [4.69, 9.17) is 0 Å². The van der Waals surface area contributed by atoms with Crippen molar-refractivity contribution in [3.63, 3.8) is 0 Å². The largest absolute Gasteiger partial charge is 0.350 e. The molecule has 0 aromatic heterocycles. The normalized spacial score (nSPS) is 12.0. The van der Waals surface area contributed by atoms with Gasteiger partial charge in [0.25, 0.3) is 0 Å². The molecular formula is C31H55N3O4. The Labute approximate surface area is 232 Å². The third-order valence-corrected chi connectivity index (χ3v) is 6.13. The standard InChI is InChI=1S/C27H43N3O4.2C2H6/c1-9-15-27(7,8)30-22(32)17-28-23(33)21(16-20-13-11-10-12-14-20)29-24(34)26(5,6)18-25(3,4)19(2)31;2*1-2/h10-14,21H,9,15-18H2,1-8H3,(H,28,33)(H,29,34)(H,30,32);2*1-2H3. The van der Waals surface area contributed by atoms with Crippen LogP contribution in [0.4, 0.5) is 0 Å². The first-order valence-corrected chi connectivity index (χ1v) is 14.0. The molecule has 38 heavy (non-hydrogen) atoms. The van der Waals surface area contributed by atoms with Gasteiger partial charge in [0.15, 0.2) is 0 Å². The topological polar surface area (TPSA) is 104 Å². The lowest BCUT2D eigenvalue weighted by molar-refractivity contribution is -0.137. The van der Waals surface area contributed by atoms with Crippen LogP contribution in [0, 0.1) is 10.8 Å². The Bertz CT molecular complexity index is 861. The summed E-state index contributed by atoms with van der Waals surface area (Å²) in [7, 11) is 0. The Kier molecular flexibility index (Phi) is 17.5. The maximum absolute atomic E-state index is 13.2. The summed E-state index contributed by atoms with van der Waals surface area (Å²) >= 11 is 0. The minimum atomic E-state index is -0.869. The highest BCUT2D eigenvalue weighted by Crippen LogP contribution is 2.34. The molecule has 3 N–H and O–H groups in total. The van der Waals surface area contributed by atoms with Crippen molar-refractivity contribution in [1.29, 1.82) is 0 Å². The van der Waals surface area contributed by atoms with Crippen molar-refractivity contribution < 1.29 is 19.2 Å². The highest BCUT2D eigenvalue weighted by atomic mass is 16.2. The number of carbonyl (C=O) groups is 4. The lowest BCUT2D eigenvalue weighted by Gasteiger charge is -2.33. The van der Waals surface area contributed by atoms with Crippen molar-refractivity contribution in [3.05, 3.63) is 35.9 Å². The molecule has 0 saturated carbocycles. The van der Waals surface area contributed by atoms with E-state index in [9.17, 15) is 19.2 Å². The lowest BCUT2D eigenvalue weighted by Crippen LogP contribution is -2.54. The zero-order valence-electron chi connectivity index (χ0n) is 26.1. The van der Waals surface area contributed by atoms with Gasteiger partial charge in [0.2, 0.25) is 17.7 Å². The van der Waals surface area contributed by atoms with E-state index in [-0.39, 0.29) is 36.1 Å². The van der Waals surface area contributed by atoms with Crippen LogP contribution in [0.3, 0.4) is 0 Å². The average Bonchev–Trinajstić information content (AvgIpc) is 2.84. The second-order valence-corrected chi connectivity index (χ2v) is 11.1. The first-order chi connectivity index (χ1) is 17.6. The summed E-state index contributed by atoms with van der Waals surface area (Å²) in [5.74, 6) is -1.02. The van der Waals surface area contributed by atoms with Crippen molar-refractivity contribution in [2.45, 2.75) is 120 Å². The molecule has 218 valence electrons. The number of hydrogen-bond acceptors (Lipinski definition) is 4. The summed E-state index contributed by atoms with van der Waals surface area (Å²) in [5, 5.41) is 8.47. The molecule has 0 radical (unpaired) electrons. The van der Waals surface area contributed by atoms with Gasteiger partial charge in [-0.2, -0.15) is 0 Å². The number of ketones is 1. The highest BCUT2D eigenvalue weighted by molar-refractivity contribution is 5.92. The highest BCUT2D eigenvalue weighted by Gasteiger charge is 2.38. The molecule has 0 spiro atoms. The summed E-state index contributed by atoms with van der Waals surface area (Å²) in [6.45, 7) is 22.5. The summed E-state index contributed by atoms with van der Waals surface area (Å²) < 4.78 is 0. The average molecular weight is 534 g/mol. The number of hydrogen-bond donors (Lipinski definition) is 3. The SMILES string of the molecule is CC.CC.CCCC(C)(C)NC(=O)CNC(=O)C(Cc1ccccc1)NC(=O)C(C)(C)CC(C)(C)C(C)=O. The summed E-state index contributed by atoms with van der Waals surface area (Å²) in [6, 6.07) is 8.54. The van der Waals surface area contributed by atoms with E-state index in [1.165, 1.54) is 6.92 Å². The van der Waals surface area contributed by atoms with Crippen LogP contribution in [0.2, 0.25) is 0 Å². The van der Waals surface area contributed by atoms with Crippen LogP contribution in [0.5, 0.6) is 0 Å². The Morgan fingerprint density at radius 1 is 0.842 bits per heavy atom. The van der Waals surface area contributed by atoms with Gasteiger partial charge in [0.1, 0.15) is 11.8 Å². The van der Waals surface area contributed by atoms with E-state index in [2.05, 4.69) is 16.0 Å². The van der Waals surface area contributed by atoms with Gasteiger partial charge in [0.05, 0.1) is 6.54 Å². The van der Waals surface area contributed by atoms with Gasteiger partial charge in [-0.1, -0.05) is 99.1 Å². The van der Waals surface area contributed by atoms with Crippen LogP contribution in [0.1, 0.15) is 108 Å². The van der Waals surface area contributed by atoms with Crippen LogP contribution in [0.25, 0.3) is 0 Å². The molecule has 1 aromatic rings. The van der Waals surface area contributed by atoms with Crippen molar-refractivity contribution in [2.24, 2.45) is 10.8 Å². The molecule has 1 aromatic carbocycles. The maximum atomic E-state index is 13.2. The fraction of sp³-hybridized carbons (Fsp3) is 0.677. The zero-order valence-corrected chi connectivity index (χ0v) is 26.1. The molecule has 7 nitrogen and oxygen atoms in total. The van der Waals surface area contributed by atoms with Gasteiger partial charge in [-0.25, -0.2) is 0 Å². The Balaban J connectivity index is 0. The van der Waals surface area contributed by atoms with Crippen LogP contribution < -0.4 is 16.0 Å². The number of benzene rings is 1. The van der Waals surface area contributed by atoms with Gasteiger partial charge in [0, 0.05) is 22.8 Å². The van der Waals surface area contributed by atoms with Gasteiger partial charge >= 0.3 is 0 Å². The molecule has 0 heterocycles. The number of rotatable bonds is 13. The second-order valence-electron chi connectivity index (χ2n) is 11.1. The molecular weight excluding hydrogens is 478 g/mol. The van der Waals surface area contributed by atoms with Gasteiger partial charge in [-0.15, -0.1) is 0 Å². The Morgan fingerprint density at radius 3 is 1.84 bits per heavy atom. The smallest absolute Gasteiger partial charge is 0.243 e. The molecule has 0 aliphatic heterocycles. The molecule has 1 atom stereocenters. The monoisotopic (exact) mass is 533 g/mol. The van der Waals surface area contributed by atoms with E-state index in [0.29, 0.717) is 6.42 Å². The first-order valence-electron chi connectivity index (χ1n) is 14.0. The molecule has 0 aliphatic rings. The van der Waals surface area contributed by atoms with Crippen molar-refractivity contribution in [3.8, 4) is 0 Å². The molecule has 1 rings (SSSR count). The Hall–Kier alpha value is -2.70. The number of amides is 3. The second kappa shape index (κ2) is 17.7. The number of Topliss-reactive ketones (excluding diaryl/α,β-unsaturated/α-hetero) is 1. The number of carbonyl (C=O) groups excluding carboxylic acids is 4. The van der Waals surface area contributed by atoms with E-state index < -0.39 is 22.8 Å². The molecule has 3 amide bonds. The first kappa shape index (κ1) is 37.5. The van der Waals surface area contributed by atoms with Gasteiger partial charge < -0.3 is 16.0 Å². The third-order valence-electron chi connectivity index (χ3n) is 6.13. The predicted molar refractivity (Wildman–Crippen MR) is 158 cm³/mol. The minimum Gasteiger partial charge on any atom is -0.350 e. The maximum Gasteiger partial charge on any atom is 0.243 e. The molecule has 0 bridgehead atoms. The third kappa shape index (κ3) is 14.3. The van der Waals surface area contributed by atoms with E-state index >= 15 is 0 Å². The van der Waals surface area contributed by atoms with E-state index in [0.717, 1.165) is 18.4 Å². The van der Waals surface area contributed by atoms with E-state index in [1.807, 2.05) is 92.6 Å². The van der Waals surface area contributed by atoms with Gasteiger partial charge in [-0.05, 0) is 39.2 Å². The molecule has 0 saturated heterocycles. The minimum absolute atomic E-state index is 0.00367. The van der Waals surface area contributed by atoms with E-state index in [1.54, 1.807) is 13.8 Å². The Morgan fingerprint density at radius 2 is 1.37 bits per heavy atom. The van der Waals surface area contributed by atoms with Crippen molar-refractivity contribution in [2.75, 3.05) is 6.54 Å². The predicted octanol–water partition coefficient (Wildman–Crippen LogP) is 5.61. The van der Waals surface area contributed by atoms with Crippen molar-refractivity contribution >= 4 is 23.5 Å².